The summed E-state index contributed by atoms with van der Waals surface area (Å²) in [5.74, 6) is -0.724. The summed E-state index contributed by atoms with van der Waals surface area (Å²) >= 11 is 0. The van der Waals surface area contributed by atoms with Crippen LogP contribution in [0.3, 0.4) is 0 Å². The van der Waals surface area contributed by atoms with E-state index in [0.717, 1.165) is 57.8 Å². The van der Waals surface area contributed by atoms with Crippen molar-refractivity contribution in [1.82, 2.24) is 24.1 Å². The largest absolute Gasteiger partial charge is 0.479 e. The van der Waals surface area contributed by atoms with Gasteiger partial charge in [-0.25, -0.2) is 18.7 Å². The number of ether oxygens (including phenoxy) is 2. The maximum Gasteiger partial charge on any atom is 0.238 e. The Hall–Kier alpha value is -3.85. The summed E-state index contributed by atoms with van der Waals surface area (Å²) < 4.78 is 44.9. The second-order valence-corrected chi connectivity index (χ2v) is 9.53. The normalized spacial score (nSPS) is 15.5. The topological polar surface area (TPSA) is 67.0 Å². The maximum absolute atomic E-state index is 15.5. The zero-order valence-corrected chi connectivity index (χ0v) is 20.9. The molecular formula is C28H27F2N5O2. The number of halogens is 2. The molecule has 5 aromatic rings. The highest BCUT2D eigenvalue weighted by Crippen LogP contribution is 2.43. The van der Waals surface area contributed by atoms with Crippen LogP contribution in [-0.4, -0.2) is 44.4 Å². The van der Waals surface area contributed by atoms with Crippen molar-refractivity contribution in [2.24, 2.45) is 13.0 Å². The van der Waals surface area contributed by atoms with E-state index in [-0.39, 0.29) is 5.92 Å². The molecule has 0 spiro atoms. The van der Waals surface area contributed by atoms with E-state index >= 15 is 4.39 Å². The molecule has 0 amide bonds. The highest BCUT2D eigenvalue weighted by Gasteiger charge is 2.33. The molecule has 9 heteroatoms. The summed E-state index contributed by atoms with van der Waals surface area (Å²) in [5.41, 5.74) is 5.46. The van der Waals surface area contributed by atoms with E-state index in [4.69, 9.17) is 14.5 Å². The molecule has 4 aromatic heterocycles. The third-order valence-electron chi connectivity index (χ3n) is 7.37. The molecular weight excluding hydrogens is 476 g/mol. The van der Waals surface area contributed by atoms with Crippen molar-refractivity contribution < 1.29 is 18.3 Å². The Morgan fingerprint density at radius 2 is 1.89 bits per heavy atom. The molecule has 1 unspecified atom stereocenters. The van der Waals surface area contributed by atoms with Gasteiger partial charge in [0.05, 0.1) is 41.9 Å². The zero-order chi connectivity index (χ0) is 25.7. The SMILES string of the molecule is COc1nccc2c3ncc(-c4c(C)ncn4C)cc3n(C(c3ccc(F)cc3F)C3CCOCC3)c12. The third-order valence-corrected chi connectivity index (χ3v) is 7.37. The number of pyridine rings is 2. The van der Waals surface area contributed by atoms with Crippen LogP contribution in [0, 0.1) is 24.5 Å². The predicted molar refractivity (Wildman–Crippen MR) is 137 cm³/mol. The Bertz CT molecular complexity index is 1600. The summed E-state index contributed by atoms with van der Waals surface area (Å²) in [6.07, 6.45) is 6.77. The first-order valence-corrected chi connectivity index (χ1v) is 12.3. The Kier molecular flexibility index (Phi) is 5.87. The first kappa shape index (κ1) is 23.5. The van der Waals surface area contributed by atoms with Crippen molar-refractivity contribution in [2.45, 2.75) is 25.8 Å². The van der Waals surface area contributed by atoms with Gasteiger partial charge in [0.15, 0.2) is 0 Å². The Balaban J connectivity index is 1.71. The first-order chi connectivity index (χ1) is 18.0. The first-order valence-electron chi connectivity index (χ1n) is 12.3. The average Bonchev–Trinajstić information content (AvgIpc) is 3.42. The van der Waals surface area contributed by atoms with E-state index in [2.05, 4.69) is 20.6 Å². The highest BCUT2D eigenvalue weighted by atomic mass is 19.1. The Morgan fingerprint density at radius 3 is 2.59 bits per heavy atom. The summed E-state index contributed by atoms with van der Waals surface area (Å²) in [4.78, 5) is 13.8. The van der Waals surface area contributed by atoms with Crippen molar-refractivity contribution in [3.8, 4) is 17.1 Å². The van der Waals surface area contributed by atoms with Gasteiger partial charge in [-0.1, -0.05) is 6.07 Å². The molecule has 0 radical (unpaired) electrons. The number of imidazole rings is 1. The molecule has 1 saturated heterocycles. The second kappa shape index (κ2) is 9.23. The monoisotopic (exact) mass is 503 g/mol. The number of methoxy groups -OCH3 is 1. The molecule has 0 aliphatic carbocycles. The van der Waals surface area contributed by atoms with Crippen LogP contribution in [0.15, 0.2) is 49.1 Å². The highest BCUT2D eigenvalue weighted by molar-refractivity contribution is 6.08. The summed E-state index contributed by atoms with van der Waals surface area (Å²) in [5, 5.41) is 0.856. The Labute approximate surface area is 212 Å². The molecule has 1 fully saturated rings. The van der Waals surface area contributed by atoms with Gasteiger partial charge < -0.3 is 18.6 Å². The van der Waals surface area contributed by atoms with Crippen molar-refractivity contribution >= 4 is 21.9 Å². The number of rotatable bonds is 5. The van der Waals surface area contributed by atoms with E-state index in [0.29, 0.717) is 24.7 Å². The number of aryl methyl sites for hydroxylation is 2. The fraction of sp³-hybridized carbons (Fsp3) is 0.321. The molecule has 0 N–H and O–H groups in total. The number of hydrogen-bond acceptors (Lipinski definition) is 5. The molecule has 1 aromatic carbocycles. The smallest absolute Gasteiger partial charge is 0.238 e. The molecule has 190 valence electrons. The van der Waals surface area contributed by atoms with Gasteiger partial charge in [-0.3, -0.25) is 4.98 Å². The molecule has 7 nitrogen and oxygen atoms in total. The zero-order valence-electron chi connectivity index (χ0n) is 20.9. The van der Waals surface area contributed by atoms with Gasteiger partial charge in [0.25, 0.3) is 0 Å². The van der Waals surface area contributed by atoms with Gasteiger partial charge in [-0.05, 0) is 43.9 Å². The molecule has 6 rings (SSSR count). The predicted octanol–water partition coefficient (Wildman–Crippen LogP) is 5.60. The van der Waals surface area contributed by atoms with Gasteiger partial charge in [-0.15, -0.1) is 0 Å². The fourth-order valence-electron chi connectivity index (χ4n) is 5.73. The minimum Gasteiger partial charge on any atom is -0.479 e. The van der Waals surface area contributed by atoms with Crippen LogP contribution in [0.25, 0.3) is 33.2 Å². The third kappa shape index (κ3) is 3.85. The van der Waals surface area contributed by atoms with Crippen molar-refractivity contribution in [3.05, 3.63) is 71.9 Å². The molecule has 1 aliphatic heterocycles. The second-order valence-electron chi connectivity index (χ2n) is 9.53. The van der Waals surface area contributed by atoms with Crippen LogP contribution in [-0.2, 0) is 11.8 Å². The number of benzene rings is 1. The average molecular weight is 504 g/mol. The van der Waals surface area contributed by atoms with Gasteiger partial charge in [0.1, 0.15) is 17.2 Å². The standard InChI is InChI=1S/C28H27F2N5O2/c1-16-25(34(2)15-33-16)18-12-23-24(32-14-18)21-6-9-31-28(36-3)27(21)35(23)26(17-7-10-37-11-8-17)20-5-4-19(29)13-22(20)30/h4-6,9,12-15,17,26H,7-8,10-11H2,1-3H3. The van der Waals surface area contributed by atoms with E-state index < -0.39 is 17.7 Å². The lowest BCUT2D eigenvalue weighted by Crippen LogP contribution is -2.27. The van der Waals surface area contributed by atoms with E-state index in [1.165, 1.54) is 6.07 Å². The lowest BCUT2D eigenvalue weighted by Gasteiger charge is -2.33. The number of nitrogens with zero attached hydrogens (tertiary/aromatic N) is 5. The molecule has 37 heavy (non-hydrogen) atoms. The van der Waals surface area contributed by atoms with E-state index in [1.54, 1.807) is 25.7 Å². The number of aromatic nitrogens is 5. The van der Waals surface area contributed by atoms with Crippen LogP contribution < -0.4 is 4.74 Å². The molecule has 1 atom stereocenters. The van der Waals surface area contributed by atoms with Crippen molar-refractivity contribution in [1.29, 1.82) is 0 Å². The van der Waals surface area contributed by atoms with Crippen molar-refractivity contribution in [2.75, 3.05) is 20.3 Å². The quantitative estimate of drug-likeness (QED) is 0.313. The van der Waals surface area contributed by atoms with Gasteiger partial charge in [-0.2, -0.15) is 0 Å². The van der Waals surface area contributed by atoms with Crippen molar-refractivity contribution in [3.63, 3.8) is 0 Å². The van der Waals surface area contributed by atoms with Crippen LogP contribution in [0.2, 0.25) is 0 Å². The summed E-state index contributed by atoms with van der Waals surface area (Å²) in [6.45, 7) is 3.11. The minimum atomic E-state index is -0.607. The Morgan fingerprint density at radius 1 is 1.08 bits per heavy atom. The minimum absolute atomic E-state index is 0.0412. The number of fused-ring (bicyclic) bond motifs is 3. The van der Waals surface area contributed by atoms with Crippen LogP contribution in [0.4, 0.5) is 8.78 Å². The van der Waals surface area contributed by atoms with Crippen LogP contribution in [0.5, 0.6) is 5.88 Å². The molecule has 0 saturated carbocycles. The van der Waals surface area contributed by atoms with Gasteiger partial charge >= 0.3 is 0 Å². The maximum atomic E-state index is 15.5. The number of hydrogen-bond donors (Lipinski definition) is 0. The molecule has 5 heterocycles. The van der Waals surface area contributed by atoms with Crippen LogP contribution in [0.1, 0.15) is 30.1 Å². The summed E-state index contributed by atoms with van der Waals surface area (Å²) in [6, 6.07) is 7.34. The van der Waals surface area contributed by atoms with E-state index in [1.807, 2.05) is 30.8 Å². The fourth-order valence-corrected chi connectivity index (χ4v) is 5.73. The molecule has 1 aliphatic rings. The summed E-state index contributed by atoms with van der Waals surface area (Å²) in [7, 11) is 3.52. The lowest BCUT2D eigenvalue weighted by atomic mass is 9.86. The van der Waals surface area contributed by atoms with Crippen LogP contribution >= 0.6 is 0 Å². The van der Waals surface area contributed by atoms with Gasteiger partial charge in [0, 0.05) is 55.2 Å². The van der Waals surface area contributed by atoms with E-state index in [9.17, 15) is 4.39 Å². The molecule has 0 bridgehead atoms. The van der Waals surface area contributed by atoms with Gasteiger partial charge in [0.2, 0.25) is 5.88 Å². The lowest BCUT2D eigenvalue weighted by molar-refractivity contribution is 0.0548.